The number of aliphatic imine (C=N–C) groups is 1. The zero-order chi connectivity index (χ0) is 20.1. The summed E-state index contributed by atoms with van der Waals surface area (Å²) < 4.78 is 10.4. The SMILES string of the molecule is COc1ccc(CC(=O)NC2=NC(c3ccccc3Cl)CC(=O)N2)cc1OC. The van der Waals surface area contributed by atoms with Gasteiger partial charge in [-0.15, -0.1) is 0 Å². The molecule has 7 nitrogen and oxygen atoms in total. The topological polar surface area (TPSA) is 89.0 Å². The highest BCUT2D eigenvalue weighted by Gasteiger charge is 2.25. The van der Waals surface area contributed by atoms with Gasteiger partial charge in [-0.25, -0.2) is 4.99 Å². The first kappa shape index (κ1) is 19.7. The van der Waals surface area contributed by atoms with E-state index in [1.807, 2.05) is 18.2 Å². The van der Waals surface area contributed by atoms with Gasteiger partial charge in [0.25, 0.3) is 0 Å². The van der Waals surface area contributed by atoms with Gasteiger partial charge in [-0.05, 0) is 29.3 Å². The molecule has 2 amide bonds. The maximum atomic E-state index is 12.4. The van der Waals surface area contributed by atoms with E-state index in [0.29, 0.717) is 16.5 Å². The monoisotopic (exact) mass is 401 g/mol. The molecule has 0 saturated heterocycles. The lowest BCUT2D eigenvalue weighted by Crippen LogP contribution is -2.47. The van der Waals surface area contributed by atoms with E-state index in [-0.39, 0.29) is 30.6 Å². The molecule has 1 atom stereocenters. The Morgan fingerprint density at radius 1 is 1.21 bits per heavy atom. The summed E-state index contributed by atoms with van der Waals surface area (Å²) in [6.07, 6.45) is 0.255. The number of nitrogens with zero attached hydrogens (tertiary/aromatic N) is 1. The minimum absolute atomic E-state index is 0.0893. The first-order valence-corrected chi connectivity index (χ1v) is 9.00. The summed E-state index contributed by atoms with van der Waals surface area (Å²) in [6, 6.07) is 12.0. The summed E-state index contributed by atoms with van der Waals surface area (Å²) in [5.41, 5.74) is 1.48. The van der Waals surface area contributed by atoms with Crippen LogP contribution in [0.25, 0.3) is 0 Å². The summed E-state index contributed by atoms with van der Waals surface area (Å²) in [4.78, 5) is 28.9. The zero-order valence-corrected chi connectivity index (χ0v) is 16.2. The number of hydrogen-bond donors (Lipinski definition) is 2. The second-order valence-electron chi connectivity index (χ2n) is 6.18. The molecule has 3 rings (SSSR count). The molecule has 0 aliphatic carbocycles. The Morgan fingerprint density at radius 2 is 1.96 bits per heavy atom. The summed E-state index contributed by atoms with van der Waals surface area (Å²) >= 11 is 6.21. The molecule has 0 bridgehead atoms. The fraction of sp³-hybridized carbons (Fsp3) is 0.250. The molecule has 2 aromatic rings. The quantitative estimate of drug-likeness (QED) is 0.806. The highest BCUT2D eigenvalue weighted by molar-refractivity contribution is 6.31. The second kappa shape index (κ2) is 8.75. The van der Waals surface area contributed by atoms with Gasteiger partial charge >= 0.3 is 0 Å². The van der Waals surface area contributed by atoms with Crippen molar-refractivity contribution >= 4 is 29.4 Å². The van der Waals surface area contributed by atoms with Gasteiger partial charge in [-0.3, -0.25) is 20.2 Å². The van der Waals surface area contributed by atoms with Gasteiger partial charge in [0.05, 0.1) is 33.1 Å². The lowest BCUT2D eigenvalue weighted by Gasteiger charge is -2.22. The summed E-state index contributed by atoms with van der Waals surface area (Å²) in [5, 5.41) is 5.76. The number of nitrogens with one attached hydrogen (secondary N) is 2. The van der Waals surface area contributed by atoms with Crippen molar-refractivity contribution in [2.75, 3.05) is 14.2 Å². The smallest absolute Gasteiger partial charge is 0.231 e. The third-order valence-corrected chi connectivity index (χ3v) is 4.60. The van der Waals surface area contributed by atoms with Gasteiger partial charge < -0.3 is 9.47 Å². The van der Waals surface area contributed by atoms with Crippen LogP contribution in [-0.4, -0.2) is 32.0 Å². The van der Waals surface area contributed by atoms with Gasteiger partial charge in [0.15, 0.2) is 11.5 Å². The van der Waals surface area contributed by atoms with Crippen molar-refractivity contribution in [1.82, 2.24) is 10.6 Å². The van der Waals surface area contributed by atoms with Crippen LogP contribution in [0.1, 0.15) is 23.6 Å². The van der Waals surface area contributed by atoms with Crippen molar-refractivity contribution in [3.05, 3.63) is 58.6 Å². The molecule has 0 saturated carbocycles. The van der Waals surface area contributed by atoms with E-state index in [1.54, 1.807) is 31.4 Å². The van der Waals surface area contributed by atoms with E-state index >= 15 is 0 Å². The molecule has 1 aliphatic rings. The van der Waals surface area contributed by atoms with Crippen LogP contribution in [-0.2, 0) is 16.0 Å². The number of guanidine groups is 1. The average molecular weight is 402 g/mol. The zero-order valence-electron chi connectivity index (χ0n) is 15.5. The van der Waals surface area contributed by atoms with Crippen molar-refractivity contribution in [3.8, 4) is 11.5 Å². The molecule has 0 aromatic heterocycles. The number of ether oxygens (including phenoxy) is 2. The molecule has 8 heteroatoms. The number of amides is 2. The van der Waals surface area contributed by atoms with Crippen molar-refractivity contribution in [2.45, 2.75) is 18.9 Å². The Balaban J connectivity index is 1.72. The molecule has 0 fully saturated rings. The van der Waals surface area contributed by atoms with E-state index in [9.17, 15) is 9.59 Å². The van der Waals surface area contributed by atoms with Crippen molar-refractivity contribution in [2.24, 2.45) is 4.99 Å². The highest BCUT2D eigenvalue weighted by Crippen LogP contribution is 2.30. The molecule has 28 heavy (non-hydrogen) atoms. The van der Waals surface area contributed by atoms with Gasteiger partial charge in [-0.1, -0.05) is 35.9 Å². The molecule has 1 unspecified atom stereocenters. The Labute approximate surface area is 167 Å². The van der Waals surface area contributed by atoms with E-state index in [2.05, 4.69) is 15.6 Å². The normalized spacial score (nSPS) is 16.0. The van der Waals surface area contributed by atoms with Gasteiger partial charge in [0.2, 0.25) is 17.8 Å². The van der Waals surface area contributed by atoms with E-state index in [0.717, 1.165) is 11.1 Å². The van der Waals surface area contributed by atoms with Crippen LogP contribution in [0.2, 0.25) is 5.02 Å². The van der Waals surface area contributed by atoms with Crippen molar-refractivity contribution < 1.29 is 19.1 Å². The predicted octanol–water partition coefficient (Wildman–Crippen LogP) is 2.63. The first-order chi connectivity index (χ1) is 13.5. The van der Waals surface area contributed by atoms with Crippen molar-refractivity contribution in [1.29, 1.82) is 0 Å². The van der Waals surface area contributed by atoms with E-state index in [4.69, 9.17) is 21.1 Å². The summed E-state index contributed by atoms with van der Waals surface area (Å²) in [6.45, 7) is 0. The number of rotatable bonds is 5. The number of carbonyl (C=O) groups excluding carboxylic acids is 2. The molecule has 1 heterocycles. The maximum Gasteiger partial charge on any atom is 0.231 e. The van der Waals surface area contributed by atoms with E-state index < -0.39 is 6.04 Å². The molecule has 0 spiro atoms. The highest BCUT2D eigenvalue weighted by atomic mass is 35.5. The van der Waals surface area contributed by atoms with Gasteiger partial charge in [0.1, 0.15) is 0 Å². The second-order valence-corrected chi connectivity index (χ2v) is 6.59. The van der Waals surface area contributed by atoms with Crippen LogP contribution < -0.4 is 20.1 Å². The third kappa shape index (κ3) is 4.61. The average Bonchev–Trinajstić information content (AvgIpc) is 2.67. The lowest BCUT2D eigenvalue weighted by molar-refractivity contribution is -0.120. The molecule has 2 N–H and O–H groups in total. The minimum atomic E-state index is -0.446. The van der Waals surface area contributed by atoms with Gasteiger partial charge in [0, 0.05) is 5.02 Å². The molecular weight excluding hydrogens is 382 g/mol. The van der Waals surface area contributed by atoms with Gasteiger partial charge in [-0.2, -0.15) is 0 Å². The van der Waals surface area contributed by atoms with Crippen LogP contribution in [0.15, 0.2) is 47.5 Å². The molecular formula is C20H20ClN3O4. The summed E-state index contributed by atoms with van der Waals surface area (Å²) in [7, 11) is 3.08. The van der Waals surface area contributed by atoms with E-state index in [1.165, 1.54) is 7.11 Å². The Kier molecular flexibility index (Phi) is 6.16. The number of carbonyl (C=O) groups is 2. The Bertz CT molecular complexity index is 929. The fourth-order valence-electron chi connectivity index (χ4n) is 2.93. The Hall–Kier alpha value is -3.06. The third-order valence-electron chi connectivity index (χ3n) is 4.26. The first-order valence-electron chi connectivity index (χ1n) is 8.63. The van der Waals surface area contributed by atoms with Crippen LogP contribution >= 0.6 is 11.6 Å². The number of halogens is 1. The molecule has 0 radical (unpaired) electrons. The fourth-order valence-corrected chi connectivity index (χ4v) is 3.19. The minimum Gasteiger partial charge on any atom is -0.493 e. The molecule has 2 aromatic carbocycles. The van der Waals surface area contributed by atoms with Crippen LogP contribution in [0.5, 0.6) is 11.5 Å². The predicted molar refractivity (Wildman–Crippen MR) is 106 cm³/mol. The van der Waals surface area contributed by atoms with Crippen LogP contribution in [0, 0.1) is 0 Å². The van der Waals surface area contributed by atoms with Crippen molar-refractivity contribution in [3.63, 3.8) is 0 Å². The number of hydrogen-bond acceptors (Lipinski definition) is 5. The standard InChI is InChI=1S/C20H20ClN3O4/c1-27-16-8-7-12(9-17(16)28-2)10-18(25)23-20-22-15(11-19(26)24-20)13-5-3-4-6-14(13)21/h3-9,15H,10-11H2,1-2H3,(H2,22,23,24,25,26). The largest absolute Gasteiger partial charge is 0.493 e. The molecule has 1 aliphatic heterocycles. The summed E-state index contributed by atoms with van der Waals surface area (Å²) in [5.74, 6) is 0.687. The maximum absolute atomic E-state index is 12.4. The lowest BCUT2D eigenvalue weighted by atomic mass is 10.0. The van der Waals surface area contributed by atoms with Crippen LogP contribution in [0.3, 0.4) is 0 Å². The Morgan fingerprint density at radius 3 is 2.68 bits per heavy atom. The number of benzene rings is 2. The molecule has 146 valence electrons. The van der Waals surface area contributed by atoms with Crippen LogP contribution in [0.4, 0.5) is 0 Å². The number of methoxy groups -OCH3 is 2.